The molecule has 2 aliphatic heterocycles. The van der Waals surface area contributed by atoms with E-state index < -0.39 is 6.04 Å². The van der Waals surface area contributed by atoms with Crippen molar-refractivity contribution in [2.24, 2.45) is 0 Å². The third kappa shape index (κ3) is 3.18. The number of benzene rings is 2. The molecular weight excluding hydrogens is 382 g/mol. The smallest absolute Gasteiger partial charge is 0.319 e. The number of H-pyrrole nitrogens is 1. The highest BCUT2D eigenvalue weighted by atomic mass is 16.5. The molecule has 0 fully saturated rings. The molecule has 8 nitrogen and oxygen atoms in total. The van der Waals surface area contributed by atoms with Gasteiger partial charge in [0, 0.05) is 23.2 Å². The van der Waals surface area contributed by atoms with Gasteiger partial charge in [-0.25, -0.2) is 4.79 Å². The first-order chi connectivity index (χ1) is 14.6. The number of hydrogen-bond donors (Lipinski definition) is 4. The topological polar surface area (TPSA) is 108 Å². The third-order valence-corrected chi connectivity index (χ3v) is 5.29. The number of rotatable bonds is 3. The van der Waals surface area contributed by atoms with Gasteiger partial charge in [0.1, 0.15) is 5.75 Å². The van der Waals surface area contributed by atoms with Crippen LogP contribution in [-0.2, 0) is 11.2 Å². The predicted octanol–water partition coefficient (Wildman–Crippen LogP) is 2.98. The predicted molar refractivity (Wildman–Crippen MR) is 112 cm³/mol. The molecule has 0 saturated heterocycles. The minimum Gasteiger partial charge on any atom is -0.465 e. The lowest BCUT2D eigenvalue weighted by molar-refractivity contribution is -0.113. The Bertz CT molecular complexity index is 1240. The number of anilines is 1. The molecule has 8 heteroatoms. The lowest BCUT2D eigenvalue weighted by Crippen LogP contribution is -2.51. The zero-order valence-corrected chi connectivity index (χ0v) is 16.2. The summed E-state index contributed by atoms with van der Waals surface area (Å²) in [4.78, 5) is 25.4. The molecule has 4 N–H and O–H groups in total. The van der Waals surface area contributed by atoms with Crippen LogP contribution < -0.4 is 20.7 Å². The van der Waals surface area contributed by atoms with Crippen LogP contribution >= 0.6 is 0 Å². The van der Waals surface area contributed by atoms with Crippen molar-refractivity contribution in [1.82, 2.24) is 20.8 Å². The zero-order chi connectivity index (χ0) is 20.7. The molecule has 2 aromatic carbocycles. The summed E-state index contributed by atoms with van der Waals surface area (Å²) in [5.41, 5.74) is 4.28. The zero-order valence-electron chi connectivity index (χ0n) is 16.2. The molecule has 0 aliphatic carbocycles. The highest BCUT2D eigenvalue weighted by Gasteiger charge is 2.34. The van der Waals surface area contributed by atoms with E-state index in [4.69, 9.17) is 4.74 Å². The van der Waals surface area contributed by atoms with Crippen molar-refractivity contribution >= 4 is 28.5 Å². The van der Waals surface area contributed by atoms with Gasteiger partial charge in [0.05, 0.1) is 29.6 Å². The maximum Gasteiger partial charge on any atom is 0.319 e. The number of ether oxygens (including phenoxy) is 1. The molecule has 150 valence electrons. The fourth-order valence-corrected chi connectivity index (χ4v) is 3.83. The second kappa shape index (κ2) is 7.07. The number of allylic oxidation sites excluding steroid dienone is 1. The number of hydrogen-bond acceptors (Lipinski definition) is 4. The minimum atomic E-state index is -0.593. The monoisotopic (exact) mass is 401 g/mol. The number of nitrogens with one attached hydrogen (secondary N) is 4. The van der Waals surface area contributed by atoms with Crippen LogP contribution in [-0.4, -0.2) is 28.2 Å². The Labute approximate surface area is 172 Å². The van der Waals surface area contributed by atoms with Crippen LogP contribution in [0.4, 0.5) is 10.5 Å². The number of carbonyl (C=O) groups is 2. The maximum atomic E-state index is 13.2. The summed E-state index contributed by atoms with van der Waals surface area (Å²) >= 11 is 0. The molecule has 1 unspecified atom stereocenters. The van der Waals surface area contributed by atoms with Gasteiger partial charge in [-0.1, -0.05) is 18.2 Å². The van der Waals surface area contributed by atoms with E-state index in [1.807, 2.05) is 36.4 Å². The summed E-state index contributed by atoms with van der Waals surface area (Å²) in [6, 6.07) is 12.3. The lowest BCUT2D eigenvalue weighted by Gasteiger charge is -2.31. The van der Waals surface area contributed by atoms with E-state index in [1.165, 1.54) is 0 Å². The summed E-state index contributed by atoms with van der Waals surface area (Å²) in [6.07, 6.45) is 3.89. The average Bonchev–Trinajstić information content (AvgIpc) is 3.20. The highest BCUT2D eigenvalue weighted by molar-refractivity contribution is 6.07. The van der Waals surface area contributed by atoms with Crippen molar-refractivity contribution in [1.29, 1.82) is 0 Å². The molecule has 30 heavy (non-hydrogen) atoms. The fraction of sp³-hybridized carbons (Fsp3) is 0.136. The molecule has 3 amide bonds. The van der Waals surface area contributed by atoms with Crippen LogP contribution in [0.25, 0.3) is 10.9 Å². The van der Waals surface area contributed by atoms with Crippen molar-refractivity contribution in [3.8, 4) is 5.75 Å². The Morgan fingerprint density at radius 1 is 1.23 bits per heavy atom. The SMILES string of the molecule is CC1=C(C(=O)Nc2ccc3[nH]ncc3c2)C(C2=COc3ccccc3C2)NC(=O)N1. The molecule has 1 aromatic heterocycles. The van der Waals surface area contributed by atoms with E-state index in [2.05, 4.69) is 26.1 Å². The summed E-state index contributed by atoms with van der Waals surface area (Å²) in [7, 11) is 0. The molecule has 3 aromatic rings. The van der Waals surface area contributed by atoms with E-state index in [1.54, 1.807) is 25.4 Å². The molecular formula is C22H19N5O3. The Balaban J connectivity index is 1.45. The fourth-order valence-electron chi connectivity index (χ4n) is 3.83. The van der Waals surface area contributed by atoms with Gasteiger partial charge >= 0.3 is 6.03 Å². The first-order valence-corrected chi connectivity index (χ1v) is 9.55. The van der Waals surface area contributed by atoms with Gasteiger partial charge in [-0.3, -0.25) is 9.89 Å². The number of fused-ring (bicyclic) bond motifs is 2. The molecule has 1 atom stereocenters. The summed E-state index contributed by atoms with van der Waals surface area (Å²) in [6.45, 7) is 1.72. The van der Waals surface area contributed by atoms with Crippen molar-refractivity contribution in [2.45, 2.75) is 19.4 Å². The quantitative estimate of drug-likeness (QED) is 0.541. The molecule has 0 radical (unpaired) electrons. The standard InChI is InChI=1S/C22H19N5O3/c1-12-19(21(28)25-16-6-7-17-14(9-16)10-23-27-17)20(26-22(29)24-12)15-8-13-4-2-3-5-18(13)30-11-15/h2-7,9-11,20H,8H2,1H3,(H,23,27)(H,25,28)(H2,24,26,29). The van der Waals surface area contributed by atoms with Crippen molar-refractivity contribution < 1.29 is 14.3 Å². The molecule has 0 bridgehead atoms. The van der Waals surface area contributed by atoms with Crippen LogP contribution in [0.3, 0.4) is 0 Å². The first kappa shape index (κ1) is 18.0. The van der Waals surface area contributed by atoms with Gasteiger partial charge in [-0.05, 0) is 42.3 Å². The number of nitrogens with zero attached hydrogens (tertiary/aromatic N) is 1. The molecule has 3 heterocycles. The largest absolute Gasteiger partial charge is 0.465 e. The number of amides is 3. The van der Waals surface area contributed by atoms with Crippen molar-refractivity contribution in [2.75, 3.05) is 5.32 Å². The second-order valence-corrected chi connectivity index (χ2v) is 7.29. The van der Waals surface area contributed by atoms with E-state index in [-0.39, 0.29) is 11.9 Å². The average molecular weight is 401 g/mol. The van der Waals surface area contributed by atoms with Crippen LogP contribution in [0.1, 0.15) is 12.5 Å². The second-order valence-electron chi connectivity index (χ2n) is 7.29. The van der Waals surface area contributed by atoms with Crippen LogP contribution in [0, 0.1) is 0 Å². The maximum absolute atomic E-state index is 13.2. The molecule has 2 aliphatic rings. The van der Waals surface area contributed by atoms with Gasteiger partial charge in [-0.2, -0.15) is 5.10 Å². The Morgan fingerprint density at radius 2 is 2.10 bits per heavy atom. The molecule has 5 rings (SSSR count). The summed E-state index contributed by atoms with van der Waals surface area (Å²) in [5.74, 6) is 0.481. The third-order valence-electron chi connectivity index (χ3n) is 5.29. The number of para-hydroxylation sites is 1. The Kier molecular flexibility index (Phi) is 4.24. The van der Waals surface area contributed by atoms with Gasteiger partial charge in [-0.15, -0.1) is 0 Å². The summed E-state index contributed by atoms with van der Waals surface area (Å²) < 4.78 is 5.75. The van der Waals surface area contributed by atoms with Crippen molar-refractivity contribution in [3.63, 3.8) is 0 Å². The molecule has 0 spiro atoms. The van der Waals surface area contributed by atoms with Gasteiger partial charge in [0.15, 0.2) is 0 Å². The van der Waals surface area contributed by atoms with Gasteiger partial charge in [0.2, 0.25) is 0 Å². The Hall–Kier alpha value is -4.07. The normalized spacial score (nSPS) is 18.1. The number of carbonyl (C=O) groups excluding carboxylic acids is 2. The number of aromatic amines is 1. The van der Waals surface area contributed by atoms with E-state index in [9.17, 15) is 9.59 Å². The van der Waals surface area contributed by atoms with E-state index in [0.717, 1.165) is 27.8 Å². The first-order valence-electron chi connectivity index (χ1n) is 9.55. The number of aromatic nitrogens is 2. The summed E-state index contributed by atoms with van der Waals surface area (Å²) in [5, 5.41) is 16.3. The van der Waals surface area contributed by atoms with Crippen LogP contribution in [0.5, 0.6) is 5.75 Å². The Morgan fingerprint density at radius 3 is 3.00 bits per heavy atom. The lowest BCUT2D eigenvalue weighted by atomic mass is 9.90. The van der Waals surface area contributed by atoms with Gasteiger partial charge in [0.25, 0.3) is 5.91 Å². The van der Waals surface area contributed by atoms with Gasteiger partial charge < -0.3 is 20.7 Å². The minimum absolute atomic E-state index is 0.299. The molecule has 0 saturated carbocycles. The van der Waals surface area contributed by atoms with Crippen LogP contribution in [0.15, 0.2) is 71.8 Å². The van der Waals surface area contributed by atoms with Crippen molar-refractivity contribution in [3.05, 3.63) is 77.3 Å². The number of urea groups is 1. The van der Waals surface area contributed by atoms with Crippen LogP contribution in [0.2, 0.25) is 0 Å². The van der Waals surface area contributed by atoms with E-state index in [0.29, 0.717) is 23.4 Å². The van der Waals surface area contributed by atoms with E-state index >= 15 is 0 Å². The highest BCUT2D eigenvalue weighted by Crippen LogP contribution is 2.31.